The fourth-order valence-electron chi connectivity index (χ4n) is 8.82. The lowest BCUT2D eigenvalue weighted by Crippen LogP contribution is -2.45. The average molecular weight is 968 g/mol. The third kappa shape index (κ3) is 52.6. The minimum atomic E-state index is -4.60. The Morgan fingerprint density at radius 2 is 0.836 bits per heavy atom. The highest BCUT2D eigenvalue weighted by atomic mass is 31.2. The number of carbonyl (C=O) groups excluding carboxylic acids is 1. The van der Waals surface area contributed by atoms with Crippen LogP contribution in [0.3, 0.4) is 0 Å². The van der Waals surface area contributed by atoms with Crippen LogP contribution in [0.5, 0.6) is 0 Å². The van der Waals surface area contributed by atoms with Crippen LogP contribution < -0.4 is 10.2 Å². The molecule has 2 N–H and O–H groups in total. The van der Waals surface area contributed by atoms with Crippen molar-refractivity contribution in [3.05, 3.63) is 24.3 Å². The highest BCUT2D eigenvalue weighted by Crippen LogP contribution is 2.38. The van der Waals surface area contributed by atoms with Crippen LogP contribution in [0.2, 0.25) is 0 Å². The summed E-state index contributed by atoms with van der Waals surface area (Å²) in [6, 6.07) is -0.900. The van der Waals surface area contributed by atoms with Crippen LogP contribution >= 0.6 is 7.82 Å². The van der Waals surface area contributed by atoms with Gasteiger partial charge in [0.25, 0.3) is 7.82 Å². The largest absolute Gasteiger partial charge is 0.756 e. The zero-order chi connectivity index (χ0) is 49.2. The van der Waals surface area contributed by atoms with E-state index in [1.165, 1.54) is 231 Å². The van der Waals surface area contributed by atoms with Gasteiger partial charge in [0.1, 0.15) is 13.2 Å². The topological polar surface area (TPSA) is 108 Å². The SMILES string of the molecule is CCCCCCCCCCCCCCCCCCC/C=C/CC/C=C/C(O)C(COP(=O)([O-])OCC[N+](C)(C)C)NC(=O)CCCCCCCCCCCCCCCCCCCCCCCC. The first-order valence-corrected chi connectivity index (χ1v) is 30.7. The van der Waals surface area contributed by atoms with Gasteiger partial charge in [-0.05, 0) is 32.1 Å². The molecule has 0 spiro atoms. The first-order valence-electron chi connectivity index (χ1n) is 29.2. The number of quaternary nitrogens is 1. The molecule has 0 heterocycles. The second-order valence-electron chi connectivity index (χ2n) is 21.4. The second-order valence-corrected chi connectivity index (χ2v) is 22.8. The van der Waals surface area contributed by atoms with Crippen LogP contribution in [-0.2, 0) is 18.4 Å². The van der Waals surface area contributed by atoms with E-state index in [-0.39, 0.29) is 19.1 Å². The van der Waals surface area contributed by atoms with Crippen molar-refractivity contribution >= 4 is 13.7 Å². The number of unbranched alkanes of at least 4 members (excludes halogenated alkanes) is 39. The third-order valence-corrected chi connectivity index (χ3v) is 14.4. The molecule has 9 heteroatoms. The summed E-state index contributed by atoms with van der Waals surface area (Å²) in [7, 11) is 1.26. The van der Waals surface area contributed by atoms with Crippen molar-refractivity contribution in [3.8, 4) is 0 Å². The molecule has 0 saturated carbocycles. The van der Waals surface area contributed by atoms with Gasteiger partial charge < -0.3 is 28.8 Å². The van der Waals surface area contributed by atoms with Gasteiger partial charge in [-0.3, -0.25) is 9.36 Å². The maximum atomic E-state index is 13.0. The Morgan fingerprint density at radius 3 is 1.21 bits per heavy atom. The molecule has 67 heavy (non-hydrogen) atoms. The Kier molecular flexibility index (Phi) is 49.2. The maximum absolute atomic E-state index is 13.0. The third-order valence-electron chi connectivity index (χ3n) is 13.4. The Balaban J connectivity index is 4.23. The number of phosphoric acid groups is 1. The minimum absolute atomic E-state index is 0.00368. The van der Waals surface area contributed by atoms with Gasteiger partial charge >= 0.3 is 0 Å². The lowest BCUT2D eigenvalue weighted by molar-refractivity contribution is -0.870. The number of carbonyl (C=O) groups is 1. The average Bonchev–Trinajstić information content (AvgIpc) is 3.29. The fraction of sp³-hybridized carbons (Fsp3) is 0.914. The van der Waals surface area contributed by atoms with Gasteiger partial charge in [-0.25, -0.2) is 0 Å². The molecule has 1 amide bonds. The molecule has 3 unspecified atom stereocenters. The smallest absolute Gasteiger partial charge is 0.268 e. The van der Waals surface area contributed by atoms with Crippen molar-refractivity contribution in [2.75, 3.05) is 40.9 Å². The first-order chi connectivity index (χ1) is 32.5. The van der Waals surface area contributed by atoms with Crippen molar-refractivity contribution < 1.29 is 32.9 Å². The van der Waals surface area contributed by atoms with Gasteiger partial charge in [-0.1, -0.05) is 276 Å². The number of hydrogen-bond acceptors (Lipinski definition) is 6. The van der Waals surface area contributed by atoms with Gasteiger partial charge in [0.2, 0.25) is 5.91 Å². The van der Waals surface area contributed by atoms with E-state index in [0.717, 1.165) is 38.5 Å². The van der Waals surface area contributed by atoms with E-state index < -0.39 is 20.0 Å². The molecule has 0 aromatic rings. The number of amides is 1. The van der Waals surface area contributed by atoms with Gasteiger partial charge in [-0.15, -0.1) is 0 Å². The van der Waals surface area contributed by atoms with E-state index >= 15 is 0 Å². The van der Waals surface area contributed by atoms with Crippen LogP contribution in [0.1, 0.15) is 290 Å². The molecule has 398 valence electrons. The predicted molar refractivity (Wildman–Crippen MR) is 289 cm³/mol. The maximum Gasteiger partial charge on any atom is 0.268 e. The summed E-state index contributed by atoms with van der Waals surface area (Å²) < 4.78 is 23.3. The lowest BCUT2D eigenvalue weighted by Gasteiger charge is -2.29. The number of nitrogens with zero attached hydrogens (tertiary/aromatic N) is 1. The summed E-state index contributed by atoms with van der Waals surface area (Å²) in [6.07, 6.45) is 62.6. The minimum Gasteiger partial charge on any atom is -0.756 e. The molecular formula is C58H115N2O6P. The number of likely N-dealkylation sites (N-methyl/N-ethyl adjacent to an activating group) is 1. The van der Waals surface area contributed by atoms with Crippen molar-refractivity contribution in [2.45, 2.75) is 302 Å². The Labute approximate surface area is 417 Å². The molecule has 0 aliphatic rings. The number of nitrogens with one attached hydrogen (secondary N) is 1. The summed E-state index contributed by atoms with van der Waals surface area (Å²) >= 11 is 0. The summed E-state index contributed by atoms with van der Waals surface area (Å²) in [5, 5.41) is 13.9. The van der Waals surface area contributed by atoms with E-state index in [9.17, 15) is 19.4 Å². The molecule has 0 aliphatic heterocycles. The zero-order valence-electron chi connectivity index (χ0n) is 45.4. The Hall–Kier alpha value is -1.02. The fourth-order valence-corrected chi connectivity index (χ4v) is 9.54. The van der Waals surface area contributed by atoms with Crippen LogP contribution in [-0.4, -0.2) is 68.5 Å². The number of hydrogen-bond donors (Lipinski definition) is 2. The summed E-state index contributed by atoms with van der Waals surface area (Å²) in [5.74, 6) is -0.201. The molecule has 0 aromatic carbocycles. The van der Waals surface area contributed by atoms with Crippen LogP contribution in [0.4, 0.5) is 0 Å². The van der Waals surface area contributed by atoms with Crippen LogP contribution in [0.25, 0.3) is 0 Å². The summed E-state index contributed by atoms with van der Waals surface area (Å²) in [6.45, 7) is 4.68. The van der Waals surface area contributed by atoms with E-state index in [2.05, 4.69) is 31.3 Å². The van der Waals surface area contributed by atoms with Crippen LogP contribution in [0, 0.1) is 0 Å². The number of phosphoric ester groups is 1. The van der Waals surface area contributed by atoms with E-state index in [4.69, 9.17) is 9.05 Å². The zero-order valence-corrected chi connectivity index (χ0v) is 46.3. The standard InChI is InChI=1S/C58H115N2O6P/c1-6-8-10-12-14-16-18-20-22-24-26-28-30-31-33-35-37-39-41-43-45-47-49-51-57(61)56(55-66-67(63,64)65-54-53-60(3,4)5)59-58(62)52-50-48-46-44-42-40-38-36-34-32-29-27-25-23-21-19-17-15-13-11-9-7-2/h41,43,49,51,56-57,61H,6-40,42,44-48,50,52-55H2,1-5H3,(H-,59,62,63,64)/b43-41+,51-49+. The van der Waals surface area contributed by atoms with Crippen molar-refractivity contribution in [3.63, 3.8) is 0 Å². The van der Waals surface area contributed by atoms with E-state index in [1.807, 2.05) is 27.2 Å². The molecule has 3 atom stereocenters. The summed E-state index contributed by atoms with van der Waals surface area (Å²) in [4.78, 5) is 25.5. The van der Waals surface area contributed by atoms with Crippen molar-refractivity contribution in [2.24, 2.45) is 0 Å². The quantitative estimate of drug-likeness (QED) is 0.0272. The second kappa shape index (κ2) is 49.9. The number of allylic oxidation sites excluding steroid dienone is 3. The lowest BCUT2D eigenvalue weighted by atomic mass is 10.0. The number of rotatable bonds is 54. The van der Waals surface area contributed by atoms with Gasteiger partial charge in [0.15, 0.2) is 0 Å². The van der Waals surface area contributed by atoms with Crippen molar-refractivity contribution in [1.29, 1.82) is 0 Å². The molecular weight excluding hydrogens is 852 g/mol. The summed E-state index contributed by atoms with van der Waals surface area (Å²) in [5.41, 5.74) is 0. The molecule has 0 aromatic heterocycles. The highest BCUT2D eigenvalue weighted by molar-refractivity contribution is 7.45. The van der Waals surface area contributed by atoms with Gasteiger partial charge in [0.05, 0.1) is 39.9 Å². The highest BCUT2D eigenvalue weighted by Gasteiger charge is 2.23. The van der Waals surface area contributed by atoms with Crippen LogP contribution in [0.15, 0.2) is 24.3 Å². The van der Waals surface area contributed by atoms with E-state index in [1.54, 1.807) is 6.08 Å². The Morgan fingerprint density at radius 1 is 0.507 bits per heavy atom. The predicted octanol–water partition coefficient (Wildman–Crippen LogP) is 17.0. The molecule has 0 rings (SSSR count). The number of aliphatic hydroxyl groups is 1. The van der Waals surface area contributed by atoms with Gasteiger partial charge in [-0.2, -0.15) is 0 Å². The van der Waals surface area contributed by atoms with Crippen molar-refractivity contribution in [1.82, 2.24) is 5.32 Å². The molecule has 0 bridgehead atoms. The monoisotopic (exact) mass is 967 g/mol. The molecule has 0 fully saturated rings. The van der Waals surface area contributed by atoms with E-state index in [0.29, 0.717) is 17.4 Å². The Bertz CT molecular complexity index is 1140. The normalized spacial score (nSPS) is 14.1. The molecule has 0 radical (unpaired) electrons. The molecule has 0 saturated heterocycles. The first kappa shape index (κ1) is 66.0. The molecule has 8 nitrogen and oxygen atoms in total. The molecule has 0 aliphatic carbocycles. The van der Waals surface area contributed by atoms with Gasteiger partial charge in [0, 0.05) is 6.42 Å². The number of aliphatic hydroxyl groups excluding tert-OH is 1.